The highest BCUT2D eigenvalue weighted by Crippen LogP contribution is 2.41. The molecule has 0 spiro atoms. The average Bonchev–Trinajstić information content (AvgIpc) is 3.18. The smallest absolute Gasteiger partial charge is 0.228 e. The lowest BCUT2D eigenvalue weighted by atomic mass is 9.98. The average molecular weight is 493 g/mol. The Bertz CT molecular complexity index is 1230. The number of hydrogen-bond donors (Lipinski definition) is 1. The van der Waals surface area contributed by atoms with Crippen molar-refractivity contribution in [3.05, 3.63) is 54.1 Å². The van der Waals surface area contributed by atoms with E-state index < -0.39 is 0 Å². The third kappa shape index (κ3) is 5.39. The second-order valence-electron chi connectivity index (χ2n) is 8.74. The van der Waals surface area contributed by atoms with E-state index in [1.165, 1.54) is 0 Å². The van der Waals surface area contributed by atoms with E-state index in [2.05, 4.69) is 11.4 Å². The second kappa shape index (κ2) is 11.3. The van der Waals surface area contributed by atoms with E-state index in [0.717, 1.165) is 27.5 Å². The molecule has 190 valence electrons. The number of amides is 2. The van der Waals surface area contributed by atoms with Gasteiger partial charge in [0.15, 0.2) is 11.5 Å². The van der Waals surface area contributed by atoms with Crippen LogP contribution in [-0.2, 0) is 20.7 Å². The van der Waals surface area contributed by atoms with Crippen LogP contribution in [0.1, 0.15) is 12.0 Å². The van der Waals surface area contributed by atoms with Gasteiger partial charge in [-0.05, 0) is 52.1 Å². The van der Waals surface area contributed by atoms with Gasteiger partial charge in [-0.1, -0.05) is 30.3 Å². The molecule has 1 fully saturated rings. The molecule has 1 aliphatic rings. The maximum absolute atomic E-state index is 13.0. The van der Waals surface area contributed by atoms with Crippen LogP contribution in [0, 0.1) is 5.92 Å². The summed E-state index contributed by atoms with van der Waals surface area (Å²) >= 11 is 0. The number of methoxy groups -OCH3 is 3. The van der Waals surface area contributed by atoms with Crippen LogP contribution in [0.4, 0.5) is 0 Å². The van der Waals surface area contributed by atoms with Crippen LogP contribution in [0.25, 0.3) is 21.9 Å². The Morgan fingerprint density at radius 3 is 2.31 bits per heavy atom. The Morgan fingerprint density at radius 1 is 0.944 bits per heavy atom. The summed E-state index contributed by atoms with van der Waals surface area (Å²) in [5.74, 6) is 1.36. The molecule has 2 amide bonds. The van der Waals surface area contributed by atoms with Gasteiger partial charge in [0.1, 0.15) is 6.73 Å². The van der Waals surface area contributed by atoms with Crippen LogP contribution in [0.15, 0.2) is 48.5 Å². The van der Waals surface area contributed by atoms with Crippen molar-refractivity contribution in [3.63, 3.8) is 0 Å². The number of ether oxygens (including phenoxy) is 4. The first-order valence-electron chi connectivity index (χ1n) is 11.9. The molecule has 1 N–H and O–H groups in total. The van der Waals surface area contributed by atoms with Crippen LogP contribution in [0.5, 0.6) is 17.2 Å². The third-order valence-electron chi connectivity index (χ3n) is 6.53. The van der Waals surface area contributed by atoms with E-state index in [0.29, 0.717) is 36.8 Å². The van der Waals surface area contributed by atoms with Gasteiger partial charge in [0, 0.05) is 20.2 Å². The molecule has 0 aliphatic carbocycles. The van der Waals surface area contributed by atoms with E-state index in [1.54, 1.807) is 33.3 Å². The molecule has 1 saturated heterocycles. The Balaban J connectivity index is 1.54. The zero-order valence-electron chi connectivity index (χ0n) is 21.1. The van der Waals surface area contributed by atoms with E-state index in [4.69, 9.17) is 18.9 Å². The first-order chi connectivity index (χ1) is 17.5. The van der Waals surface area contributed by atoms with Gasteiger partial charge in [-0.15, -0.1) is 0 Å². The van der Waals surface area contributed by atoms with Crippen LogP contribution < -0.4 is 19.5 Å². The van der Waals surface area contributed by atoms with Gasteiger partial charge in [0.05, 0.1) is 33.7 Å². The fourth-order valence-electron chi connectivity index (χ4n) is 4.52. The summed E-state index contributed by atoms with van der Waals surface area (Å²) in [6.07, 6.45) is 0.849. The molecule has 8 nitrogen and oxygen atoms in total. The number of rotatable bonds is 7. The Labute approximate surface area is 211 Å². The van der Waals surface area contributed by atoms with Gasteiger partial charge in [0.2, 0.25) is 17.6 Å². The number of nitrogens with zero attached hydrogens (tertiary/aromatic N) is 1. The van der Waals surface area contributed by atoms with Crippen LogP contribution >= 0.6 is 0 Å². The fraction of sp³-hybridized carbons (Fsp3) is 0.357. The first-order valence-corrected chi connectivity index (χ1v) is 11.9. The minimum atomic E-state index is -0.258. The lowest BCUT2D eigenvalue weighted by molar-refractivity contribution is -0.136. The maximum Gasteiger partial charge on any atom is 0.228 e. The summed E-state index contributed by atoms with van der Waals surface area (Å²) in [6.45, 7) is 1.04. The summed E-state index contributed by atoms with van der Waals surface area (Å²) in [7, 11) is 6.39. The largest absolute Gasteiger partial charge is 0.493 e. The van der Waals surface area contributed by atoms with Crippen LogP contribution in [-0.4, -0.2) is 65.0 Å². The zero-order chi connectivity index (χ0) is 25.7. The molecular weight excluding hydrogens is 460 g/mol. The van der Waals surface area contributed by atoms with E-state index >= 15 is 0 Å². The number of carbonyl (C=O) groups excluding carboxylic acids is 2. The number of benzene rings is 3. The van der Waals surface area contributed by atoms with Crippen molar-refractivity contribution in [1.82, 2.24) is 10.2 Å². The van der Waals surface area contributed by atoms with Gasteiger partial charge in [-0.3, -0.25) is 9.59 Å². The van der Waals surface area contributed by atoms with E-state index in [1.807, 2.05) is 42.5 Å². The van der Waals surface area contributed by atoms with Crippen molar-refractivity contribution >= 4 is 22.6 Å². The molecular formula is C28H32N2O6. The lowest BCUT2D eigenvalue weighted by Gasteiger charge is -2.23. The SMILES string of the molecule is CNC(=O)C1CCOCN(C(=O)Cc2ccc3cc(-c4cc(OC)c(OC)c(OC)c4)ccc3c2)C1. The molecule has 0 aromatic heterocycles. The number of hydrogen-bond acceptors (Lipinski definition) is 6. The molecule has 8 heteroatoms. The molecule has 1 unspecified atom stereocenters. The molecule has 1 atom stereocenters. The predicted molar refractivity (Wildman–Crippen MR) is 137 cm³/mol. The number of nitrogens with one attached hydrogen (secondary N) is 1. The first kappa shape index (κ1) is 25.3. The van der Waals surface area contributed by atoms with Gasteiger partial charge < -0.3 is 29.2 Å². The molecule has 36 heavy (non-hydrogen) atoms. The molecule has 3 aromatic rings. The van der Waals surface area contributed by atoms with Crippen molar-refractivity contribution in [3.8, 4) is 28.4 Å². The highest BCUT2D eigenvalue weighted by molar-refractivity contribution is 5.89. The topological polar surface area (TPSA) is 86.3 Å². The van der Waals surface area contributed by atoms with Crippen molar-refractivity contribution in [2.75, 3.05) is 48.3 Å². The molecule has 0 radical (unpaired) electrons. The third-order valence-corrected chi connectivity index (χ3v) is 6.53. The number of carbonyl (C=O) groups is 2. The van der Waals surface area contributed by atoms with Gasteiger partial charge in [-0.25, -0.2) is 0 Å². The quantitative estimate of drug-likeness (QED) is 0.542. The normalized spacial score (nSPS) is 15.8. The molecule has 4 rings (SSSR count). The summed E-state index contributed by atoms with van der Waals surface area (Å²) in [4.78, 5) is 26.7. The maximum atomic E-state index is 13.0. The van der Waals surface area contributed by atoms with E-state index in [9.17, 15) is 9.59 Å². The van der Waals surface area contributed by atoms with Crippen molar-refractivity contribution in [2.24, 2.45) is 5.92 Å². The van der Waals surface area contributed by atoms with Crippen LogP contribution in [0.3, 0.4) is 0 Å². The van der Waals surface area contributed by atoms with Gasteiger partial charge in [-0.2, -0.15) is 0 Å². The Morgan fingerprint density at radius 2 is 1.64 bits per heavy atom. The summed E-state index contributed by atoms with van der Waals surface area (Å²) in [6, 6.07) is 16.0. The van der Waals surface area contributed by atoms with Crippen molar-refractivity contribution in [2.45, 2.75) is 12.8 Å². The Kier molecular flexibility index (Phi) is 7.95. The van der Waals surface area contributed by atoms with Crippen molar-refractivity contribution in [1.29, 1.82) is 0 Å². The Hall–Kier alpha value is -3.78. The summed E-state index contributed by atoms with van der Waals surface area (Å²) < 4.78 is 22.0. The molecule has 0 bridgehead atoms. The second-order valence-corrected chi connectivity index (χ2v) is 8.74. The fourth-order valence-corrected chi connectivity index (χ4v) is 4.52. The minimum Gasteiger partial charge on any atom is -0.493 e. The summed E-state index contributed by atoms with van der Waals surface area (Å²) in [5.41, 5.74) is 2.86. The van der Waals surface area contributed by atoms with E-state index in [-0.39, 0.29) is 30.9 Å². The van der Waals surface area contributed by atoms with Gasteiger partial charge in [0.25, 0.3) is 0 Å². The van der Waals surface area contributed by atoms with Crippen LogP contribution in [0.2, 0.25) is 0 Å². The highest BCUT2D eigenvalue weighted by atomic mass is 16.5. The molecule has 0 saturated carbocycles. The minimum absolute atomic E-state index is 0.0563. The molecule has 1 heterocycles. The molecule has 3 aromatic carbocycles. The van der Waals surface area contributed by atoms with Crippen molar-refractivity contribution < 1.29 is 28.5 Å². The highest BCUT2D eigenvalue weighted by Gasteiger charge is 2.26. The number of fused-ring (bicyclic) bond motifs is 1. The predicted octanol–water partition coefficient (Wildman–Crippen LogP) is 3.64. The lowest BCUT2D eigenvalue weighted by Crippen LogP contribution is -2.40. The summed E-state index contributed by atoms with van der Waals surface area (Å²) in [5, 5.41) is 4.76. The monoisotopic (exact) mass is 492 g/mol. The standard InChI is InChI=1S/C28H32N2O6/c1-29-28(32)22-9-10-36-17-30(16-22)26(31)12-18-5-6-20-13-21(8-7-19(20)11-18)23-14-24(33-2)27(35-4)25(15-23)34-3/h5-8,11,13-15,22H,9-10,12,16-17H2,1-4H3,(H,29,32). The van der Waals surface area contributed by atoms with Gasteiger partial charge >= 0.3 is 0 Å². The zero-order valence-corrected chi connectivity index (χ0v) is 21.1. The molecule has 1 aliphatic heterocycles.